The number of ether oxygens (including phenoxy) is 1. The van der Waals surface area contributed by atoms with Crippen LogP contribution in [-0.2, 0) is 0 Å². The van der Waals surface area contributed by atoms with Gasteiger partial charge >= 0.3 is 6.36 Å². The second-order valence-electron chi connectivity index (χ2n) is 3.57. The zero-order chi connectivity index (χ0) is 14.0. The maximum absolute atomic E-state index is 13.0. The zero-order valence-electron chi connectivity index (χ0n) is 9.21. The van der Waals surface area contributed by atoms with Gasteiger partial charge in [0.25, 0.3) is 0 Å². The maximum atomic E-state index is 13.0. The third-order valence-electron chi connectivity index (χ3n) is 2.20. The lowest BCUT2D eigenvalue weighted by atomic mass is 10.1. The van der Waals surface area contributed by atoms with Crippen LogP contribution in [0.2, 0.25) is 0 Å². The molecule has 1 aromatic heterocycles. The average molecular weight is 275 g/mol. The molecule has 0 bridgehead atoms. The molecule has 1 aromatic carbocycles. The van der Waals surface area contributed by atoms with Crippen LogP contribution in [0, 0.1) is 11.8 Å². The van der Waals surface area contributed by atoms with Crippen molar-refractivity contribution in [3.8, 4) is 16.9 Å². The predicted molar refractivity (Wildman–Crippen MR) is 56.3 cm³/mol. The number of aromatic nitrogens is 1. The highest BCUT2D eigenvalue weighted by Gasteiger charge is 2.31. The molecule has 0 aliphatic carbocycles. The third kappa shape index (κ3) is 3.40. The summed E-state index contributed by atoms with van der Waals surface area (Å²) in [5.74, 6) is -2.90. The number of nitrogens with zero attached hydrogens (tertiary/aromatic N) is 1. The van der Waals surface area contributed by atoms with Crippen molar-refractivity contribution in [2.45, 2.75) is 6.36 Å². The number of rotatable bonds is 2. The van der Waals surface area contributed by atoms with E-state index in [1.807, 2.05) is 0 Å². The summed E-state index contributed by atoms with van der Waals surface area (Å²) >= 11 is 0. The second-order valence-corrected chi connectivity index (χ2v) is 3.57. The van der Waals surface area contributed by atoms with Crippen LogP contribution in [0.5, 0.6) is 5.75 Å². The number of alkyl halides is 3. The number of hydrogen-bond donors (Lipinski definition) is 0. The van der Waals surface area contributed by atoms with Gasteiger partial charge in [0.1, 0.15) is 5.75 Å². The molecule has 0 aliphatic heterocycles. The first-order valence-corrected chi connectivity index (χ1v) is 5.02. The fraction of sp³-hybridized carbons (Fsp3) is 0.0833. The highest BCUT2D eigenvalue weighted by molar-refractivity contribution is 5.64. The van der Waals surface area contributed by atoms with Gasteiger partial charge in [0.2, 0.25) is 5.95 Å². The van der Waals surface area contributed by atoms with Crippen LogP contribution in [0.1, 0.15) is 0 Å². The standard InChI is InChI=1S/C12H6F5NO/c13-10-5-8(6-18-11(10)14)7-2-1-3-9(4-7)19-12(15,16)17/h1-6H. The van der Waals surface area contributed by atoms with E-state index in [0.29, 0.717) is 0 Å². The summed E-state index contributed by atoms with van der Waals surface area (Å²) in [7, 11) is 0. The molecule has 0 radical (unpaired) electrons. The zero-order valence-corrected chi connectivity index (χ0v) is 9.21. The van der Waals surface area contributed by atoms with Crippen molar-refractivity contribution in [3.63, 3.8) is 0 Å². The molecule has 2 nitrogen and oxygen atoms in total. The first kappa shape index (κ1) is 13.3. The van der Waals surface area contributed by atoms with E-state index >= 15 is 0 Å². The summed E-state index contributed by atoms with van der Waals surface area (Å²) in [6.07, 6.45) is -3.80. The summed E-state index contributed by atoms with van der Waals surface area (Å²) in [4.78, 5) is 3.15. The molecule has 0 amide bonds. The van der Waals surface area contributed by atoms with Gasteiger partial charge in [-0.3, -0.25) is 0 Å². The van der Waals surface area contributed by atoms with Crippen LogP contribution in [0.15, 0.2) is 36.5 Å². The molecule has 0 saturated heterocycles. The van der Waals surface area contributed by atoms with Crippen molar-refractivity contribution < 1.29 is 26.7 Å². The van der Waals surface area contributed by atoms with Gasteiger partial charge in [-0.15, -0.1) is 13.2 Å². The van der Waals surface area contributed by atoms with Crippen molar-refractivity contribution in [2.75, 3.05) is 0 Å². The fourth-order valence-electron chi connectivity index (χ4n) is 1.45. The van der Waals surface area contributed by atoms with Crippen molar-refractivity contribution in [1.29, 1.82) is 0 Å². The van der Waals surface area contributed by atoms with Crippen molar-refractivity contribution in [3.05, 3.63) is 48.3 Å². The Morgan fingerprint density at radius 2 is 1.74 bits per heavy atom. The van der Waals surface area contributed by atoms with Gasteiger partial charge in [-0.05, 0) is 23.8 Å². The smallest absolute Gasteiger partial charge is 0.406 e. The van der Waals surface area contributed by atoms with E-state index in [-0.39, 0.29) is 11.1 Å². The third-order valence-corrected chi connectivity index (χ3v) is 2.20. The Balaban J connectivity index is 2.35. The van der Waals surface area contributed by atoms with Crippen molar-refractivity contribution in [2.24, 2.45) is 0 Å². The predicted octanol–water partition coefficient (Wildman–Crippen LogP) is 3.93. The molecule has 2 aromatic rings. The molecule has 2 rings (SSSR count). The minimum Gasteiger partial charge on any atom is -0.406 e. The van der Waals surface area contributed by atoms with Gasteiger partial charge in [0.05, 0.1) is 0 Å². The molecule has 0 saturated carbocycles. The molecule has 1 heterocycles. The molecule has 0 unspecified atom stereocenters. The fourth-order valence-corrected chi connectivity index (χ4v) is 1.45. The highest BCUT2D eigenvalue weighted by atomic mass is 19.4. The van der Waals surface area contributed by atoms with Crippen LogP contribution in [0.25, 0.3) is 11.1 Å². The summed E-state index contributed by atoms with van der Waals surface area (Å²) in [6.45, 7) is 0. The number of benzene rings is 1. The Hall–Kier alpha value is -2.18. The minimum atomic E-state index is -4.81. The topological polar surface area (TPSA) is 22.1 Å². The molecule has 0 atom stereocenters. The van der Waals surface area contributed by atoms with Gasteiger partial charge in [-0.25, -0.2) is 9.37 Å². The van der Waals surface area contributed by atoms with Crippen molar-refractivity contribution >= 4 is 0 Å². The quantitative estimate of drug-likeness (QED) is 0.612. The Morgan fingerprint density at radius 3 is 2.37 bits per heavy atom. The molecule has 7 heteroatoms. The van der Waals surface area contributed by atoms with Crippen LogP contribution in [0.4, 0.5) is 22.0 Å². The van der Waals surface area contributed by atoms with Crippen LogP contribution in [0.3, 0.4) is 0 Å². The highest BCUT2D eigenvalue weighted by Crippen LogP contribution is 2.28. The number of pyridine rings is 1. The molecule has 0 aliphatic rings. The normalized spacial score (nSPS) is 11.4. The van der Waals surface area contributed by atoms with Gasteiger partial charge in [-0.1, -0.05) is 12.1 Å². The van der Waals surface area contributed by atoms with E-state index in [0.717, 1.165) is 24.4 Å². The maximum Gasteiger partial charge on any atom is 0.573 e. The number of halogens is 5. The molecule has 0 spiro atoms. The molecule has 100 valence electrons. The molecule has 0 fully saturated rings. The van der Waals surface area contributed by atoms with E-state index in [1.165, 1.54) is 12.1 Å². The van der Waals surface area contributed by atoms with E-state index in [4.69, 9.17) is 0 Å². The van der Waals surface area contributed by atoms with E-state index in [9.17, 15) is 22.0 Å². The van der Waals surface area contributed by atoms with Gasteiger partial charge in [0.15, 0.2) is 5.82 Å². The van der Waals surface area contributed by atoms with E-state index < -0.39 is 23.9 Å². The first-order chi connectivity index (χ1) is 8.85. The summed E-state index contributed by atoms with van der Waals surface area (Å²) < 4.78 is 65.5. The van der Waals surface area contributed by atoms with Gasteiger partial charge in [-0.2, -0.15) is 4.39 Å². The molecule has 19 heavy (non-hydrogen) atoms. The van der Waals surface area contributed by atoms with Crippen LogP contribution >= 0.6 is 0 Å². The molecular weight excluding hydrogens is 269 g/mol. The average Bonchev–Trinajstić information content (AvgIpc) is 2.31. The van der Waals surface area contributed by atoms with Gasteiger partial charge < -0.3 is 4.74 Å². The summed E-state index contributed by atoms with van der Waals surface area (Å²) in [5, 5.41) is 0. The minimum absolute atomic E-state index is 0.145. The molecular formula is C12H6F5NO. The first-order valence-electron chi connectivity index (χ1n) is 5.02. The summed E-state index contributed by atoms with van der Waals surface area (Å²) in [5.41, 5.74) is 0.375. The lowest BCUT2D eigenvalue weighted by Gasteiger charge is -2.10. The van der Waals surface area contributed by atoms with E-state index in [2.05, 4.69) is 9.72 Å². The monoisotopic (exact) mass is 275 g/mol. The largest absolute Gasteiger partial charge is 0.573 e. The summed E-state index contributed by atoms with van der Waals surface area (Å²) in [6, 6.07) is 5.73. The van der Waals surface area contributed by atoms with Crippen LogP contribution < -0.4 is 4.74 Å². The van der Waals surface area contributed by atoms with Crippen LogP contribution in [-0.4, -0.2) is 11.3 Å². The van der Waals surface area contributed by atoms with Crippen molar-refractivity contribution in [1.82, 2.24) is 4.98 Å². The second kappa shape index (κ2) is 4.83. The SMILES string of the molecule is Fc1cc(-c2cccc(OC(F)(F)F)c2)cnc1F. The Bertz CT molecular complexity index is 597. The van der Waals surface area contributed by atoms with Gasteiger partial charge in [0, 0.05) is 11.8 Å². The Kier molecular flexibility index (Phi) is 3.37. The Morgan fingerprint density at radius 1 is 1.00 bits per heavy atom. The van der Waals surface area contributed by atoms with E-state index in [1.54, 1.807) is 0 Å². The molecule has 0 N–H and O–H groups in total. The lowest BCUT2D eigenvalue weighted by Crippen LogP contribution is -2.17. The number of hydrogen-bond acceptors (Lipinski definition) is 2. The Labute approximate surface area is 104 Å². The lowest BCUT2D eigenvalue weighted by molar-refractivity contribution is -0.274.